The standard InChI is InChI=1S/C12H17NO/c1-3-12(13-2)10-14-9-11-7-5-4-6-8-11/h3-8,12-13H,1,9-10H2,2H3/t12-/m1/s1. The number of hydrogen-bond acceptors (Lipinski definition) is 2. The smallest absolute Gasteiger partial charge is 0.0717 e. The molecule has 0 fully saturated rings. The summed E-state index contributed by atoms with van der Waals surface area (Å²) in [5.74, 6) is 0. The number of rotatable bonds is 6. The molecule has 0 heterocycles. The predicted molar refractivity (Wildman–Crippen MR) is 59.1 cm³/mol. The summed E-state index contributed by atoms with van der Waals surface area (Å²) >= 11 is 0. The van der Waals surface area contributed by atoms with Crippen molar-refractivity contribution in [2.45, 2.75) is 12.6 Å². The van der Waals surface area contributed by atoms with Crippen LogP contribution in [0.1, 0.15) is 5.56 Å². The van der Waals surface area contributed by atoms with Gasteiger partial charge in [0.2, 0.25) is 0 Å². The Morgan fingerprint density at radius 1 is 1.43 bits per heavy atom. The molecule has 0 saturated heterocycles. The molecule has 2 nitrogen and oxygen atoms in total. The van der Waals surface area contributed by atoms with Crippen LogP contribution >= 0.6 is 0 Å². The van der Waals surface area contributed by atoms with Crippen LogP contribution in [-0.2, 0) is 11.3 Å². The van der Waals surface area contributed by atoms with E-state index in [1.807, 2.05) is 31.3 Å². The van der Waals surface area contributed by atoms with Gasteiger partial charge in [-0.25, -0.2) is 0 Å². The molecule has 0 saturated carbocycles. The Kier molecular flexibility index (Phi) is 4.97. The third-order valence-corrected chi connectivity index (χ3v) is 2.06. The van der Waals surface area contributed by atoms with Gasteiger partial charge >= 0.3 is 0 Å². The highest BCUT2D eigenvalue weighted by Gasteiger charge is 1.99. The van der Waals surface area contributed by atoms with Crippen LogP contribution in [0, 0.1) is 0 Å². The fourth-order valence-corrected chi connectivity index (χ4v) is 1.15. The van der Waals surface area contributed by atoms with E-state index >= 15 is 0 Å². The summed E-state index contributed by atoms with van der Waals surface area (Å²) in [7, 11) is 1.90. The van der Waals surface area contributed by atoms with Gasteiger partial charge in [-0.2, -0.15) is 0 Å². The summed E-state index contributed by atoms with van der Waals surface area (Å²) in [6, 6.07) is 10.4. The largest absolute Gasteiger partial charge is 0.375 e. The zero-order valence-corrected chi connectivity index (χ0v) is 8.57. The normalized spacial score (nSPS) is 12.4. The zero-order chi connectivity index (χ0) is 10.2. The third-order valence-electron chi connectivity index (χ3n) is 2.06. The number of ether oxygens (including phenoxy) is 1. The first-order chi connectivity index (χ1) is 6.86. The maximum atomic E-state index is 5.53. The van der Waals surface area contributed by atoms with Crippen molar-refractivity contribution < 1.29 is 4.74 Å². The molecular weight excluding hydrogens is 174 g/mol. The molecule has 1 atom stereocenters. The van der Waals surface area contributed by atoms with Crippen LogP contribution in [0.3, 0.4) is 0 Å². The first-order valence-electron chi connectivity index (χ1n) is 4.78. The highest BCUT2D eigenvalue weighted by atomic mass is 16.5. The molecular formula is C12H17NO. The Balaban J connectivity index is 2.25. The second-order valence-corrected chi connectivity index (χ2v) is 3.13. The summed E-state index contributed by atoms with van der Waals surface area (Å²) in [4.78, 5) is 0. The zero-order valence-electron chi connectivity index (χ0n) is 8.57. The average Bonchev–Trinajstić information content (AvgIpc) is 2.26. The van der Waals surface area contributed by atoms with Gasteiger partial charge in [0.15, 0.2) is 0 Å². The van der Waals surface area contributed by atoms with E-state index in [2.05, 4.69) is 24.0 Å². The molecule has 0 bridgehead atoms. The minimum absolute atomic E-state index is 0.235. The Hall–Kier alpha value is -1.12. The van der Waals surface area contributed by atoms with Crippen molar-refractivity contribution in [2.75, 3.05) is 13.7 Å². The summed E-state index contributed by atoms with van der Waals surface area (Å²) in [6.45, 7) is 5.04. The van der Waals surface area contributed by atoms with Crippen molar-refractivity contribution in [3.8, 4) is 0 Å². The maximum Gasteiger partial charge on any atom is 0.0717 e. The van der Waals surface area contributed by atoms with Crippen LogP contribution in [0.15, 0.2) is 43.0 Å². The number of likely N-dealkylation sites (N-methyl/N-ethyl adjacent to an activating group) is 1. The second kappa shape index (κ2) is 6.35. The van der Waals surface area contributed by atoms with Crippen LogP contribution in [0.4, 0.5) is 0 Å². The van der Waals surface area contributed by atoms with Gasteiger partial charge in [0.25, 0.3) is 0 Å². The molecule has 0 radical (unpaired) electrons. The molecule has 2 heteroatoms. The molecule has 1 rings (SSSR count). The van der Waals surface area contributed by atoms with Gasteiger partial charge in [-0.1, -0.05) is 36.4 Å². The van der Waals surface area contributed by atoms with Crippen molar-refractivity contribution in [2.24, 2.45) is 0 Å². The Morgan fingerprint density at radius 2 is 2.14 bits per heavy atom. The molecule has 0 unspecified atom stereocenters. The van der Waals surface area contributed by atoms with Gasteiger partial charge in [-0.15, -0.1) is 6.58 Å². The van der Waals surface area contributed by atoms with E-state index in [0.717, 1.165) is 0 Å². The minimum atomic E-state index is 0.235. The first kappa shape index (κ1) is 11.0. The topological polar surface area (TPSA) is 21.3 Å². The van der Waals surface area contributed by atoms with Crippen LogP contribution in [0.2, 0.25) is 0 Å². The van der Waals surface area contributed by atoms with Crippen LogP contribution < -0.4 is 5.32 Å². The minimum Gasteiger partial charge on any atom is -0.375 e. The van der Waals surface area contributed by atoms with Crippen LogP contribution in [0.5, 0.6) is 0 Å². The van der Waals surface area contributed by atoms with E-state index in [-0.39, 0.29) is 6.04 Å². The fraction of sp³-hybridized carbons (Fsp3) is 0.333. The van der Waals surface area contributed by atoms with Crippen molar-refractivity contribution in [1.29, 1.82) is 0 Å². The number of benzene rings is 1. The van der Waals surface area contributed by atoms with Crippen LogP contribution in [-0.4, -0.2) is 19.7 Å². The monoisotopic (exact) mass is 191 g/mol. The van der Waals surface area contributed by atoms with E-state index in [4.69, 9.17) is 4.74 Å². The lowest BCUT2D eigenvalue weighted by Gasteiger charge is -2.11. The molecule has 0 amide bonds. The highest BCUT2D eigenvalue weighted by molar-refractivity contribution is 5.13. The Morgan fingerprint density at radius 3 is 2.71 bits per heavy atom. The second-order valence-electron chi connectivity index (χ2n) is 3.13. The lowest BCUT2D eigenvalue weighted by Crippen LogP contribution is -2.27. The van der Waals surface area contributed by atoms with E-state index in [1.54, 1.807) is 0 Å². The summed E-state index contributed by atoms with van der Waals surface area (Å²) in [6.07, 6.45) is 1.85. The predicted octanol–water partition coefficient (Wildman–Crippen LogP) is 1.98. The molecule has 1 aromatic carbocycles. The quantitative estimate of drug-likeness (QED) is 0.694. The van der Waals surface area contributed by atoms with Gasteiger partial charge < -0.3 is 10.1 Å². The highest BCUT2D eigenvalue weighted by Crippen LogP contribution is 2.00. The molecule has 14 heavy (non-hydrogen) atoms. The molecule has 76 valence electrons. The molecule has 1 N–H and O–H groups in total. The SMILES string of the molecule is C=C[C@H](COCc1ccccc1)NC. The summed E-state index contributed by atoms with van der Waals surface area (Å²) < 4.78 is 5.53. The van der Waals surface area contributed by atoms with E-state index in [9.17, 15) is 0 Å². The maximum absolute atomic E-state index is 5.53. The van der Waals surface area contributed by atoms with Crippen LogP contribution in [0.25, 0.3) is 0 Å². The van der Waals surface area contributed by atoms with Crippen molar-refractivity contribution >= 4 is 0 Å². The molecule has 0 aliphatic heterocycles. The van der Waals surface area contributed by atoms with E-state index in [1.165, 1.54) is 5.56 Å². The van der Waals surface area contributed by atoms with Gasteiger partial charge in [-0.3, -0.25) is 0 Å². The molecule has 0 aliphatic rings. The Bertz CT molecular complexity index is 258. The fourth-order valence-electron chi connectivity index (χ4n) is 1.15. The molecule has 0 aromatic heterocycles. The van der Waals surface area contributed by atoms with Crippen molar-refractivity contribution in [3.63, 3.8) is 0 Å². The molecule has 0 spiro atoms. The summed E-state index contributed by atoms with van der Waals surface area (Å²) in [5.41, 5.74) is 1.20. The number of hydrogen-bond donors (Lipinski definition) is 1. The van der Waals surface area contributed by atoms with E-state index in [0.29, 0.717) is 13.2 Å². The summed E-state index contributed by atoms with van der Waals surface area (Å²) in [5, 5.41) is 3.09. The molecule has 1 aromatic rings. The van der Waals surface area contributed by atoms with Gasteiger partial charge in [0, 0.05) is 6.04 Å². The Labute approximate surface area is 85.6 Å². The van der Waals surface area contributed by atoms with Gasteiger partial charge in [0.1, 0.15) is 0 Å². The van der Waals surface area contributed by atoms with Crippen molar-refractivity contribution in [1.82, 2.24) is 5.32 Å². The average molecular weight is 191 g/mol. The van der Waals surface area contributed by atoms with E-state index < -0.39 is 0 Å². The third kappa shape index (κ3) is 3.73. The number of nitrogens with one attached hydrogen (secondary N) is 1. The molecule has 0 aliphatic carbocycles. The van der Waals surface area contributed by atoms with Crippen molar-refractivity contribution in [3.05, 3.63) is 48.6 Å². The van der Waals surface area contributed by atoms with Gasteiger partial charge in [0.05, 0.1) is 13.2 Å². The lowest BCUT2D eigenvalue weighted by molar-refractivity contribution is 0.110. The van der Waals surface area contributed by atoms with Gasteiger partial charge in [-0.05, 0) is 12.6 Å². The first-order valence-corrected chi connectivity index (χ1v) is 4.78. The lowest BCUT2D eigenvalue weighted by atomic mass is 10.2.